The number of nitrogens with zero attached hydrogens (tertiary/aromatic N) is 2. The first kappa shape index (κ1) is 18.4. The summed E-state index contributed by atoms with van der Waals surface area (Å²) >= 11 is 0. The Morgan fingerprint density at radius 1 is 1.07 bits per heavy atom. The second-order valence-electron chi connectivity index (χ2n) is 7.34. The van der Waals surface area contributed by atoms with Crippen LogP contribution in [0.1, 0.15) is 34.5 Å². The normalized spacial score (nSPS) is 15.5. The van der Waals surface area contributed by atoms with E-state index in [-0.39, 0.29) is 11.9 Å². The lowest BCUT2D eigenvalue weighted by Crippen LogP contribution is -2.44. The minimum Gasteiger partial charge on any atom is -0.360 e. The molecule has 3 aromatic rings. The summed E-state index contributed by atoms with van der Waals surface area (Å²) in [6.07, 6.45) is 1.90. The second kappa shape index (κ2) is 8.40. The molecule has 1 fully saturated rings. The van der Waals surface area contributed by atoms with Crippen molar-refractivity contribution in [1.29, 1.82) is 0 Å². The molecule has 2 aromatic carbocycles. The average Bonchev–Trinajstić information content (AvgIpc) is 3.12. The fraction of sp³-hybridized carbons (Fsp3) is 0.304. The van der Waals surface area contributed by atoms with Crippen LogP contribution in [0, 0.1) is 6.92 Å². The zero-order chi connectivity index (χ0) is 19.3. The summed E-state index contributed by atoms with van der Waals surface area (Å²) in [5.41, 5.74) is 3.37. The van der Waals surface area contributed by atoms with E-state index in [2.05, 4.69) is 39.6 Å². The van der Waals surface area contributed by atoms with E-state index in [1.54, 1.807) is 6.92 Å². The van der Waals surface area contributed by atoms with Crippen LogP contribution in [0.25, 0.3) is 11.3 Å². The van der Waals surface area contributed by atoms with Crippen LogP contribution >= 0.6 is 0 Å². The van der Waals surface area contributed by atoms with Crippen molar-refractivity contribution in [1.82, 2.24) is 15.4 Å². The number of carbonyl (C=O) groups is 1. The van der Waals surface area contributed by atoms with E-state index >= 15 is 0 Å². The number of rotatable bonds is 5. The third-order valence-electron chi connectivity index (χ3n) is 5.31. The van der Waals surface area contributed by atoms with Crippen LogP contribution in [0.3, 0.4) is 0 Å². The number of likely N-dealkylation sites (tertiary alicyclic amines) is 1. The van der Waals surface area contributed by atoms with Crippen LogP contribution in [0.4, 0.5) is 0 Å². The van der Waals surface area contributed by atoms with Crippen LogP contribution in [0.5, 0.6) is 0 Å². The molecule has 5 nitrogen and oxygen atoms in total. The molecule has 28 heavy (non-hydrogen) atoms. The Kier molecular flexibility index (Phi) is 5.53. The highest BCUT2D eigenvalue weighted by Gasteiger charge is 2.26. The van der Waals surface area contributed by atoms with Gasteiger partial charge in [-0.05, 0) is 25.3 Å². The predicted octanol–water partition coefficient (Wildman–Crippen LogP) is 4.04. The van der Waals surface area contributed by atoms with Gasteiger partial charge in [0.25, 0.3) is 5.91 Å². The van der Waals surface area contributed by atoms with E-state index in [1.165, 1.54) is 5.56 Å². The molecule has 5 heteroatoms. The van der Waals surface area contributed by atoms with Gasteiger partial charge in [0, 0.05) is 31.2 Å². The fourth-order valence-electron chi connectivity index (χ4n) is 3.77. The third kappa shape index (κ3) is 4.15. The van der Waals surface area contributed by atoms with Crippen molar-refractivity contribution in [2.75, 3.05) is 13.1 Å². The van der Waals surface area contributed by atoms with Crippen molar-refractivity contribution >= 4 is 5.91 Å². The number of hydrogen-bond donors (Lipinski definition) is 1. The molecule has 144 valence electrons. The molecule has 1 N–H and O–H groups in total. The van der Waals surface area contributed by atoms with E-state index in [0.717, 1.165) is 38.0 Å². The molecule has 0 radical (unpaired) electrons. The molecular weight excluding hydrogens is 350 g/mol. The van der Waals surface area contributed by atoms with Gasteiger partial charge in [-0.3, -0.25) is 9.69 Å². The Labute approximate surface area is 165 Å². The molecular formula is C23H25N3O2. The van der Waals surface area contributed by atoms with Gasteiger partial charge in [-0.2, -0.15) is 0 Å². The van der Waals surface area contributed by atoms with E-state index in [0.29, 0.717) is 17.0 Å². The molecule has 1 aliphatic heterocycles. The van der Waals surface area contributed by atoms with Crippen LogP contribution in [-0.4, -0.2) is 35.1 Å². The van der Waals surface area contributed by atoms with Crippen molar-refractivity contribution in [3.63, 3.8) is 0 Å². The SMILES string of the molecule is Cc1onc(-c2ccccc2)c1C(=O)NC1CCN(Cc2ccccc2)CC1. The van der Waals surface area contributed by atoms with Gasteiger partial charge in [-0.15, -0.1) is 0 Å². The molecule has 0 spiro atoms. The Morgan fingerprint density at radius 2 is 1.71 bits per heavy atom. The maximum absolute atomic E-state index is 12.9. The third-order valence-corrected chi connectivity index (χ3v) is 5.31. The summed E-state index contributed by atoms with van der Waals surface area (Å²) in [6, 6.07) is 20.4. The number of benzene rings is 2. The van der Waals surface area contributed by atoms with Crippen molar-refractivity contribution in [2.45, 2.75) is 32.4 Å². The first-order valence-electron chi connectivity index (χ1n) is 9.79. The van der Waals surface area contributed by atoms with E-state index in [4.69, 9.17) is 4.52 Å². The average molecular weight is 375 g/mol. The number of hydrogen-bond acceptors (Lipinski definition) is 4. The molecule has 0 saturated carbocycles. The summed E-state index contributed by atoms with van der Waals surface area (Å²) in [5.74, 6) is 0.456. The zero-order valence-electron chi connectivity index (χ0n) is 16.1. The van der Waals surface area contributed by atoms with Gasteiger partial charge in [-0.25, -0.2) is 0 Å². The van der Waals surface area contributed by atoms with Gasteiger partial charge in [0.15, 0.2) is 0 Å². The van der Waals surface area contributed by atoms with Gasteiger partial charge in [0.05, 0.1) is 0 Å². The quantitative estimate of drug-likeness (QED) is 0.731. The van der Waals surface area contributed by atoms with E-state index in [9.17, 15) is 4.79 Å². The molecule has 1 amide bonds. The maximum Gasteiger partial charge on any atom is 0.257 e. The molecule has 0 atom stereocenters. The fourth-order valence-corrected chi connectivity index (χ4v) is 3.77. The van der Waals surface area contributed by atoms with Crippen LogP contribution in [0.15, 0.2) is 65.2 Å². The smallest absolute Gasteiger partial charge is 0.257 e. The minimum absolute atomic E-state index is 0.0980. The summed E-state index contributed by atoms with van der Waals surface area (Å²) in [5, 5.41) is 7.31. The van der Waals surface area contributed by atoms with Crippen molar-refractivity contribution < 1.29 is 9.32 Å². The standard InChI is InChI=1S/C23H25N3O2/c1-17-21(22(25-28-17)19-10-6-3-7-11-19)23(27)24-20-12-14-26(15-13-20)16-18-8-4-2-5-9-18/h2-11,20H,12-16H2,1H3,(H,24,27). The molecule has 0 bridgehead atoms. The molecule has 1 aliphatic rings. The van der Waals surface area contributed by atoms with Gasteiger partial charge in [0.2, 0.25) is 0 Å². The minimum atomic E-state index is -0.0980. The van der Waals surface area contributed by atoms with Crippen molar-refractivity contribution in [3.05, 3.63) is 77.6 Å². The van der Waals surface area contributed by atoms with Crippen LogP contribution < -0.4 is 5.32 Å². The van der Waals surface area contributed by atoms with Crippen molar-refractivity contribution in [2.24, 2.45) is 0 Å². The van der Waals surface area contributed by atoms with Gasteiger partial charge >= 0.3 is 0 Å². The zero-order valence-corrected chi connectivity index (χ0v) is 16.1. The summed E-state index contributed by atoms with van der Waals surface area (Å²) < 4.78 is 5.32. The summed E-state index contributed by atoms with van der Waals surface area (Å²) in [4.78, 5) is 15.4. The molecule has 0 unspecified atom stereocenters. The van der Waals surface area contributed by atoms with Gasteiger partial charge in [-0.1, -0.05) is 65.8 Å². The number of amides is 1. The monoisotopic (exact) mass is 375 g/mol. The molecule has 1 aromatic heterocycles. The number of aromatic nitrogens is 1. The highest BCUT2D eigenvalue weighted by Crippen LogP contribution is 2.25. The first-order chi connectivity index (χ1) is 13.7. The highest BCUT2D eigenvalue weighted by atomic mass is 16.5. The Bertz CT molecular complexity index is 914. The molecule has 2 heterocycles. The lowest BCUT2D eigenvalue weighted by Gasteiger charge is -2.32. The summed E-state index contributed by atoms with van der Waals surface area (Å²) in [6.45, 7) is 4.71. The largest absolute Gasteiger partial charge is 0.360 e. The van der Waals surface area contributed by atoms with E-state index < -0.39 is 0 Å². The Hall–Kier alpha value is -2.92. The van der Waals surface area contributed by atoms with Crippen LogP contribution in [-0.2, 0) is 6.54 Å². The topological polar surface area (TPSA) is 58.4 Å². The summed E-state index contributed by atoms with van der Waals surface area (Å²) in [7, 11) is 0. The maximum atomic E-state index is 12.9. The van der Waals surface area contributed by atoms with Crippen molar-refractivity contribution in [3.8, 4) is 11.3 Å². The molecule has 0 aliphatic carbocycles. The van der Waals surface area contributed by atoms with Crippen LogP contribution in [0.2, 0.25) is 0 Å². The van der Waals surface area contributed by atoms with Gasteiger partial charge < -0.3 is 9.84 Å². The Balaban J connectivity index is 1.37. The number of carbonyl (C=O) groups excluding carboxylic acids is 1. The van der Waals surface area contributed by atoms with E-state index in [1.807, 2.05) is 36.4 Å². The lowest BCUT2D eigenvalue weighted by atomic mass is 10.0. The molecule has 1 saturated heterocycles. The number of piperidine rings is 1. The number of nitrogens with one attached hydrogen (secondary N) is 1. The predicted molar refractivity (Wildman–Crippen MR) is 109 cm³/mol. The second-order valence-corrected chi connectivity index (χ2v) is 7.34. The van der Waals surface area contributed by atoms with Gasteiger partial charge in [0.1, 0.15) is 17.0 Å². The molecule has 4 rings (SSSR count). The lowest BCUT2D eigenvalue weighted by molar-refractivity contribution is 0.0908. The first-order valence-corrected chi connectivity index (χ1v) is 9.79. The highest BCUT2D eigenvalue weighted by molar-refractivity contribution is 6.00. The number of aryl methyl sites for hydroxylation is 1. The Morgan fingerprint density at radius 3 is 2.39 bits per heavy atom.